The van der Waals surface area contributed by atoms with Crippen LogP contribution in [0.25, 0.3) is 10.8 Å². The number of anilines is 1. The molecule has 0 radical (unpaired) electrons. The van der Waals surface area contributed by atoms with Crippen molar-refractivity contribution in [1.29, 1.82) is 0 Å². The van der Waals surface area contributed by atoms with Gasteiger partial charge in [-0.1, -0.05) is 39.7 Å². The van der Waals surface area contributed by atoms with Crippen molar-refractivity contribution in [2.45, 2.75) is 4.90 Å². The van der Waals surface area contributed by atoms with Crippen molar-refractivity contribution in [3.05, 3.63) is 68.1 Å². The van der Waals surface area contributed by atoms with Gasteiger partial charge in [-0.25, -0.2) is 0 Å². The standard InChI is InChI=1S/C21H16BrClN2O6S/c1-30-17-7-5-12(25(28)29)9-16(17)24-19(26)10-31-20(27)11-32-18-8-6-14(22)13-3-2-4-15(23)21(13)18/h2-9H,10-11H2,1H3,(H,24,26). The monoisotopic (exact) mass is 538 g/mol. The van der Waals surface area contributed by atoms with Crippen LogP contribution in [0.3, 0.4) is 0 Å². The molecule has 0 bridgehead atoms. The molecule has 11 heteroatoms. The molecule has 32 heavy (non-hydrogen) atoms. The van der Waals surface area contributed by atoms with Gasteiger partial charge in [-0.3, -0.25) is 19.7 Å². The Labute approximate surface area is 200 Å². The van der Waals surface area contributed by atoms with E-state index in [1.165, 1.54) is 31.0 Å². The summed E-state index contributed by atoms with van der Waals surface area (Å²) in [5.74, 6) is -1.04. The van der Waals surface area contributed by atoms with Gasteiger partial charge in [-0.05, 0) is 29.7 Å². The number of ether oxygens (including phenoxy) is 2. The Morgan fingerprint density at radius 2 is 2.00 bits per heavy atom. The van der Waals surface area contributed by atoms with Gasteiger partial charge in [0.15, 0.2) is 6.61 Å². The highest BCUT2D eigenvalue weighted by Crippen LogP contribution is 2.37. The van der Waals surface area contributed by atoms with Crippen LogP contribution in [-0.4, -0.2) is 36.3 Å². The topological polar surface area (TPSA) is 108 Å². The van der Waals surface area contributed by atoms with E-state index in [1.807, 2.05) is 24.3 Å². The maximum absolute atomic E-state index is 12.2. The molecule has 0 aliphatic heterocycles. The Balaban J connectivity index is 1.59. The number of fused-ring (bicyclic) bond motifs is 1. The van der Waals surface area contributed by atoms with Crippen LogP contribution in [0.5, 0.6) is 5.75 Å². The Morgan fingerprint density at radius 1 is 1.22 bits per heavy atom. The van der Waals surface area contributed by atoms with E-state index < -0.39 is 23.4 Å². The van der Waals surface area contributed by atoms with E-state index in [1.54, 1.807) is 6.07 Å². The predicted molar refractivity (Wildman–Crippen MR) is 127 cm³/mol. The van der Waals surface area contributed by atoms with Crippen LogP contribution in [-0.2, 0) is 14.3 Å². The predicted octanol–water partition coefficient (Wildman–Crippen LogP) is 5.45. The number of nitro groups is 1. The van der Waals surface area contributed by atoms with Gasteiger partial charge in [0, 0.05) is 31.9 Å². The summed E-state index contributed by atoms with van der Waals surface area (Å²) in [5.41, 5.74) is -0.108. The molecule has 8 nitrogen and oxygen atoms in total. The number of nitrogens with one attached hydrogen (secondary N) is 1. The van der Waals surface area contributed by atoms with E-state index in [4.69, 9.17) is 21.1 Å². The minimum atomic E-state index is -0.653. The van der Waals surface area contributed by atoms with Crippen LogP contribution in [0.2, 0.25) is 5.02 Å². The molecule has 0 aliphatic carbocycles. The maximum atomic E-state index is 12.2. The lowest BCUT2D eigenvalue weighted by molar-refractivity contribution is -0.384. The summed E-state index contributed by atoms with van der Waals surface area (Å²) in [6.07, 6.45) is 0. The second-order valence-electron chi connectivity index (χ2n) is 6.35. The third kappa shape index (κ3) is 5.70. The second kappa shape index (κ2) is 10.7. The van der Waals surface area contributed by atoms with Crippen LogP contribution in [0.15, 0.2) is 57.9 Å². The number of thioether (sulfide) groups is 1. The fourth-order valence-corrected chi connectivity index (χ4v) is 4.51. The highest BCUT2D eigenvalue weighted by atomic mass is 79.9. The van der Waals surface area contributed by atoms with Gasteiger partial charge in [0.1, 0.15) is 5.75 Å². The molecule has 3 aromatic rings. The lowest BCUT2D eigenvalue weighted by Crippen LogP contribution is -2.22. The number of esters is 1. The molecule has 0 spiro atoms. The number of nitro benzene ring substituents is 1. The normalized spacial score (nSPS) is 10.6. The van der Waals surface area contributed by atoms with Gasteiger partial charge < -0.3 is 14.8 Å². The molecule has 0 saturated carbocycles. The minimum Gasteiger partial charge on any atom is -0.495 e. The van der Waals surface area contributed by atoms with E-state index in [0.29, 0.717) is 5.02 Å². The second-order valence-corrected chi connectivity index (χ2v) is 8.63. The van der Waals surface area contributed by atoms with Crippen molar-refractivity contribution in [2.75, 3.05) is 24.8 Å². The fourth-order valence-electron chi connectivity index (χ4n) is 2.83. The number of benzene rings is 3. The summed E-state index contributed by atoms with van der Waals surface area (Å²) < 4.78 is 11.0. The van der Waals surface area contributed by atoms with Crippen LogP contribution in [0, 0.1) is 10.1 Å². The van der Waals surface area contributed by atoms with E-state index in [9.17, 15) is 19.7 Å². The van der Waals surface area contributed by atoms with E-state index in [2.05, 4.69) is 21.2 Å². The lowest BCUT2D eigenvalue weighted by Gasteiger charge is -2.11. The molecule has 0 atom stereocenters. The van der Waals surface area contributed by atoms with Crippen molar-refractivity contribution in [3.63, 3.8) is 0 Å². The maximum Gasteiger partial charge on any atom is 0.316 e. The summed E-state index contributed by atoms with van der Waals surface area (Å²) in [6.45, 7) is -0.549. The molecule has 0 unspecified atom stereocenters. The van der Waals surface area contributed by atoms with Gasteiger partial charge in [0.2, 0.25) is 0 Å². The molecule has 166 valence electrons. The summed E-state index contributed by atoms with van der Waals surface area (Å²) >= 11 is 11.1. The molecule has 0 aliphatic rings. The first-order chi connectivity index (χ1) is 15.3. The van der Waals surface area contributed by atoms with Gasteiger partial charge >= 0.3 is 5.97 Å². The van der Waals surface area contributed by atoms with Crippen LogP contribution in [0.4, 0.5) is 11.4 Å². The molecular weight excluding hydrogens is 524 g/mol. The highest BCUT2D eigenvalue weighted by molar-refractivity contribution is 9.10. The third-order valence-electron chi connectivity index (χ3n) is 4.28. The van der Waals surface area contributed by atoms with Gasteiger partial charge in [0.25, 0.3) is 11.6 Å². The van der Waals surface area contributed by atoms with Crippen molar-refractivity contribution in [2.24, 2.45) is 0 Å². The molecular formula is C21H16BrClN2O6S. The largest absolute Gasteiger partial charge is 0.495 e. The summed E-state index contributed by atoms with van der Waals surface area (Å²) in [6, 6.07) is 13.0. The van der Waals surface area contributed by atoms with E-state index in [0.717, 1.165) is 26.2 Å². The van der Waals surface area contributed by atoms with Crippen LogP contribution < -0.4 is 10.1 Å². The Morgan fingerprint density at radius 3 is 2.72 bits per heavy atom. The summed E-state index contributed by atoms with van der Waals surface area (Å²) in [5, 5.41) is 15.7. The molecule has 0 fully saturated rings. The summed E-state index contributed by atoms with van der Waals surface area (Å²) in [7, 11) is 1.37. The Bertz CT molecular complexity index is 1210. The summed E-state index contributed by atoms with van der Waals surface area (Å²) in [4.78, 5) is 35.4. The number of nitrogens with zero attached hydrogens (tertiary/aromatic N) is 1. The molecule has 0 aromatic heterocycles. The van der Waals surface area contributed by atoms with Gasteiger partial charge in [-0.15, -0.1) is 11.8 Å². The Kier molecular flexibility index (Phi) is 7.94. The van der Waals surface area contributed by atoms with Crippen molar-refractivity contribution in [3.8, 4) is 5.75 Å². The molecule has 1 N–H and O–H groups in total. The zero-order chi connectivity index (χ0) is 23.3. The zero-order valence-electron chi connectivity index (χ0n) is 16.6. The number of carbonyl (C=O) groups is 2. The van der Waals surface area contributed by atoms with E-state index in [-0.39, 0.29) is 22.9 Å². The zero-order valence-corrected chi connectivity index (χ0v) is 19.8. The highest BCUT2D eigenvalue weighted by Gasteiger charge is 2.16. The number of non-ortho nitro benzene ring substituents is 1. The molecule has 3 rings (SSSR count). The number of halogens is 2. The van der Waals surface area contributed by atoms with Gasteiger partial charge in [0.05, 0.1) is 23.5 Å². The van der Waals surface area contributed by atoms with E-state index >= 15 is 0 Å². The fraction of sp³-hybridized carbons (Fsp3) is 0.143. The first-order valence-corrected chi connectivity index (χ1v) is 11.2. The molecule has 0 saturated heterocycles. The minimum absolute atomic E-state index is 0.0324. The van der Waals surface area contributed by atoms with Crippen LogP contribution in [0.1, 0.15) is 0 Å². The SMILES string of the molecule is COc1ccc([N+](=O)[O-])cc1NC(=O)COC(=O)CSc1ccc(Br)c2cccc(Cl)c12. The first kappa shape index (κ1) is 23.8. The molecule has 3 aromatic carbocycles. The van der Waals surface area contributed by atoms with Crippen molar-refractivity contribution >= 4 is 73.3 Å². The Hall–Kier alpha value is -2.82. The smallest absolute Gasteiger partial charge is 0.316 e. The van der Waals surface area contributed by atoms with Crippen molar-refractivity contribution in [1.82, 2.24) is 0 Å². The number of amides is 1. The van der Waals surface area contributed by atoms with Crippen molar-refractivity contribution < 1.29 is 24.0 Å². The number of carbonyl (C=O) groups excluding carboxylic acids is 2. The average molecular weight is 540 g/mol. The molecule has 0 heterocycles. The number of rotatable bonds is 8. The molecule has 1 amide bonds. The lowest BCUT2D eigenvalue weighted by atomic mass is 10.1. The first-order valence-electron chi connectivity index (χ1n) is 9.07. The number of methoxy groups -OCH3 is 1. The van der Waals surface area contributed by atoms with Crippen LogP contribution >= 0.6 is 39.3 Å². The number of hydrogen-bond acceptors (Lipinski definition) is 7. The average Bonchev–Trinajstić information content (AvgIpc) is 2.77. The number of hydrogen-bond donors (Lipinski definition) is 1. The third-order valence-corrected chi connectivity index (χ3v) is 6.31. The van der Waals surface area contributed by atoms with Gasteiger partial charge in [-0.2, -0.15) is 0 Å². The quantitative estimate of drug-likeness (QED) is 0.176.